The van der Waals surface area contributed by atoms with Gasteiger partial charge in [-0.05, 0) is 37.5 Å². The summed E-state index contributed by atoms with van der Waals surface area (Å²) in [6.45, 7) is 1.84. The first-order valence-electron chi connectivity index (χ1n) is 6.53. The van der Waals surface area contributed by atoms with Crippen LogP contribution in [0.25, 0.3) is 0 Å². The maximum Gasteiger partial charge on any atom is 0.248 e. The summed E-state index contributed by atoms with van der Waals surface area (Å²) in [5, 5.41) is 2.77. The predicted molar refractivity (Wildman–Crippen MR) is 78.8 cm³/mol. The average molecular weight is 347 g/mol. The van der Waals surface area contributed by atoms with Gasteiger partial charge in [0.05, 0.1) is 11.4 Å². The van der Waals surface area contributed by atoms with E-state index < -0.39 is 5.92 Å². The molecular weight excluding hydrogens is 330 g/mol. The van der Waals surface area contributed by atoms with Crippen molar-refractivity contribution in [3.63, 3.8) is 0 Å². The summed E-state index contributed by atoms with van der Waals surface area (Å²) in [5.74, 6) is -3.21. The molecule has 0 unspecified atom stereocenters. The quantitative estimate of drug-likeness (QED) is 0.792. The molecule has 20 heavy (non-hydrogen) atoms. The van der Waals surface area contributed by atoms with E-state index in [2.05, 4.69) is 21.2 Å². The van der Waals surface area contributed by atoms with Gasteiger partial charge in [-0.15, -0.1) is 0 Å². The minimum Gasteiger partial charge on any atom is -0.397 e. The van der Waals surface area contributed by atoms with Crippen LogP contribution in [0.1, 0.15) is 31.2 Å². The lowest BCUT2D eigenvalue weighted by Crippen LogP contribution is -2.32. The Kier molecular flexibility index (Phi) is 4.32. The molecule has 0 bridgehead atoms. The van der Waals surface area contributed by atoms with Gasteiger partial charge in [0.25, 0.3) is 0 Å². The molecule has 6 heteroatoms. The molecule has 1 aromatic carbocycles. The Labute approximate surface area is 125 Å². The number of aryl methyl sites for hydroxylation is 1. The zero-order chi connectivity index (χ0) is 14.9. The van der Waals surface area contributed by atoms with Gasteiger partial charge in [-0.3, -0.25) is 4.79 Å². The molecule has 0 heterocycles. The standard InChI is InChI=1S/C14H17BrF2N2O/c1-8-6-10(15)7-11(18)12(8)19-13(20)9-2-4-14(16,17)5-3-9/h6-7,9H,2-5,18H2,1H3,(H,19,20). The van der Waals surface area contributed by atoms with Crippen LogP contribution in [0.4, 0.5) is 20.2 Å². The number of carbonyl (C=O) groups excluding carboxylic acids is 1. The molecule has 110 valence electrons. The van der Waals surface area contributed by atoms with Crippen molar-refractivity contribution < 1.29 is 13.6 Å². The molecule has 0 saturated heterocycles. The number of amides is 1. The van der Waals surface area contributed by atoms with Crippen molar-refractivity contribution in [1.29, 1.82) is 0 Å². The second-order valence-electron chi connectivity index (χ2n) is 5.31. The second-order valence-corrected chi connectivity index (χ2v) is 6.22. The predicted octanol–water partition coefficient (Wildman–Crippen LogP) is 4.10. The highest BCUT2D eigenvalue weighted by atomic mass is 79.9. The van der Waals surface area contributed by atoms with Gasteiger partial charge in [-0.2, -0.15) is 0 Å². The van der Waals surface area contributed by atoms with Gasteiger partial charge in [0.15, 0.2) is 0 Å². The van der Waals surface area contributed by atoms with Crippen molar-refractivity contribution in [3.8, 4) is 0 Å². The van der Waals surface area contributed by atoms with Crippen LogP contribution < -0.4 is 11.1 Å². The lowest BCUT2D eigenvalue weighted by Gasteiger charge is -2.27. The van der Waals surface area contributed by atoms with Crippen LogP contribution >= 0.6 is 15.9 Å². The van der Waals surface area contributed by atoms with Gasteiger partial charge in [0.2, 0.25) is 11.8 Å². The van der Waals surface area contributed by atoms with Crippen LogP contribution in [0, 0.1) is 12.8 Å². The molecule has 1 aliphatic carbocycles. The zero-order valence-electron chi connectivity index (χ0n) is 11.2. The summed E-state index contributed by atoms with van der Waals surface area (Å²) < 4.78 is 27.0. The summed E-state index contributed by atoms with van der Waals surface area (Å²) in [6.07, 6.45) is -0.0115. The molecule has 3 N–H and O–H groups in total. The van der Waals surface area contributed by atoms with E-state index in [0.717, 1.165) is 10.0 Å². The number of anilines is 2. The van der Waals surface area contributed by atoms with Gasteiger partial charge >= 0.3 is 0 Å². The number of nitrogens with one attached hydrogen (secondary N) is 1. The van der Waals surface area contributed by atoms with Crippen molar-refractivity contribution in [1.82, 2.24) is 0 Å². The van der Waals surface area contributed by atoms with Crippen LogP contribution in [0.15, 0.2) is 16.6 Å². The van der Waals surface area contributed by atoms with Crippen LogP contribution in [0.5, 0.6) is 0 Å². The highest BCUT2D eigenvalue weighted by molar-refractivity contribution is 9.10. The lowest BCUT2D eigenvalue weighted by atomic mass is 9.86. The molecule has 0 aliphatic heterocycles. The van der Waals surface area contributed by atoms with Gasteiger partial charge in [0, 0.05) is 23.2 Å². The molecule has 0 radical (unpaired) electrons. The number of rotatable bonds is 2. The van der Waals surface area contributed by atoms with E-state index in [1.54, 1.807) is 6.07 Å². The van der Waals surface area contributed by atoms with E-state index in [-0.39, 0.29) is 37.5 Å². The van der Waals surface area contributed by atoms with E-state index in [0.29, 0.717) is 11.4 Å². The molecule has 1 amide bonds. The Bertz CT molecular complexity index is 501. The first-order valence-corrected chi connectivity index (χ1v) is 7.32. The summed E-state index contributed by atoms with van der Waals surface area (Å²) >= 11 is 3.33. The fraction of sp³-hybridized carbons (Fsp3) is 0.500. The van der Waals surface area contributed by atoms with Gasteiger partial charge in [-0.1, -0.05) is 15.9 Å². The third-order valence-corrected chi connectivity index (χ3v) is 4.12. The van der Waals surface area contributed by atoms with Gasteiger partial charge < -0.3 is 11.1 Å². The monoisotopic (exact) mass is 346 g/mol. The molecule has 1 fully saturated rings. The fourth-order valence-electron chi connectivity index (χ4n) is 2.47. The fourth-order valence-corrected chi connectivity index (χ4v) is 3.06. The molecule has 0 spiro atoms. The Morgan fingerprint density at radius 3 is 2.55 bits per heavy atom. The molecule has 3 nitrogen and oxygen atoms in total. The number of alkyl halides is 2. The minimum atomic E-state index is -2.62. The van der Waals surface area contributed by atoms with Crippen molar-refractivity contribution in [2.24, 2.45) is 5.92 Å². The maximum absolute atomic E-state index is 13.1. The number of benzene rings is 1. The SMILES string of the molecule is Cc1cc(Br)cc(N)c1NC(=O)C1CCC(F)(F)CC1. The molecule has 1 aromatic rings. The van der Waals surface area contributed by atoms with Crippen molar-refractivity contribution >= 4 is 33.2 Å². The molecular formula is C14H17BrF2N2O. The second kappa shape index (κ2) is 5.68. The third-order valence-electron chi connectivity index (χ3n) is 3.67. The number of hydrogen-bond acceptors (Lipinski definition) is 2. The average Bonchev–Trinajstić information content (AvgIpc) is 2.33. The van der Waals surface area contributed by atoms with Crippen LogP contribution in [0.3, 0.4) is 0 Å². The molecule has 1 aliphatic rings. The maximum atomic E-state index is 13.1. The minimum absolute atomic E-state index is 0.217. The normalized spacial score (nSPS) is 18.8. The largest absolute Gasteiger partial charge is 0.397 e. The summed E-state index contributed by atoms with van der Waals surface area (Å²) in [5.41, 5.74) is 7.75. The number of carbonyl (C=O) groups is 1. The first kappa shape index (κ1) is 15.2. The summed E-state index contributed by atoms with van der Waals surface area (Å²) in [4.78, 5) is 12.1. The number of nitrogens with two attached hydrogens (primary N) is 1. The molecule has 1 saturated carbocycles. The van der Waals surface area contributed by atoms with E-state index in [1.165, 1.54) is 0 Å². The Morgan fingerprint density at radius 2 is 2.00 bits per heavy atom. The molecule has 0 atom stereocenters. The summed E-state index contributed by atoms with van der Waals surface area (Å²) in [6, 6.07) is 3.55. The van der Waals surface area contributed by atoms with Crippen LogP contribution in [0.2, 0.25) is 0 Å². The number of hydrogen-bond donors (Lipinski definition) is 2. The van der Waals surface area contributed by atoms with Crippen molar-refractivity contribution in [2.75, 3.05) is 11.1 Å². The van der Waals surface area contributed by atoms with E-state index in [9.17, 15) is 13.6 Å². The highest BCUT2D eigenvalue weighted by Crippen LogP contribution is 2.37. The number of nitrogen functional groups attached to an aromatic ring is 1. The number of halogens is 3. The Morgan fingerprint density at radius 1 is 1.40 bits per heavy atom. The summed E-state index contributed by atoms with van der Waals surface area (Å²) in [7, 11) is 0. The van der Waals surface area contributed by atoms with Crippen LogP contribution in [-0.4, -0.2) is 11.8 Å². The van der Waals surface area contributed by atoms with E-state index in [4.69, 9.17) is 5.73 Å². The topological polar surface area (TPSA) is 55.1 Å². The van der Waals surface area contributed by atoms with E-state index >= 15 is 0 Å². The highest BCUT2D eigenvalue weighted by Gasteiger charge is 2.37. The van der Waals surface area contributed by atoms with Crippen molar-refractivity contribution in [2.45, 2.75) is 38.5 Å². The lowest BCUT2D eigenvalue weighted by molar-refractivity contribution is -0.124. The van der Waals surface area contributed by atoms with E-state index in [1.807, 2.05) is 13.0 Å². The first-order chi connectivity index (χ1) is 9.28. The molecule has 0 aromatic heterocycles. The smallest absolute Gasteiger partial charge is 0.248 e. The Hall–Kier alpha value is -1.17. The van der Waals surface area contributed by atoms with Gasteiger partial charge in [-0.25, -0.2) is 8.78 Å². The molecule has 2 rings (SSSR count). The Balaban J connectivity index is 2.06. The zero-order valence-corrected chi connectivity index (χ0v) is 12.8. The van der Waals surface area contributed by atoms with Gasteiger partial charge in [0.1, 0.15) is 0 Å². The van der Waals surface area contributed by atoms with Crippen molar-refractivity contribution in [3.05, 3.63) is 22.2 Å². The van der Waals surface area contributed by atoms with Crippen LogP contribution in [-0.2, 0) is 4.79 Å². The third kappa shape index (κ3) is 3.48.